The van der Waals surface area contributed by atoms with Crippen LogP contribution in [-0.4, -0.2) is 61.4 Å². The molecule has 2 rings (SSSR count). The number of hydrogen-bond acceptors (Lipinski definition) is 5. The summed E-state index contributed by atoms with van der Waals surface area (Å²) in [4.78, 5) is 25.4. The summed E-state index contributed by atoms with van der Waals surface area (Å²) >= 11 is 0. The Hall–Kier alpha value is -2.28. The van der Waals surface area contributed by atoms with Crippen molar-refractivity contribution in [1.29, 1.82) is 0 Å². The van der Waals surface area contributed by atoms with Crippen LogP contribution in [-0.2, 0) is 9.53 Å². The number of carbonyl (C=O) groups excluding carboxylic acids is 1. The first kappa shape index (κ1) is 19.1. The quantitative estimate of drug-likeness (QED) is 0.809. The van der Waals surface area contributed by atoms with E-state index in [1.165, 1.54) is 4.90 Å². The van der Waals surface area contributed by atoms with Crippen LogP contribution in [0.2, 0.25) is 0 Å². The Labute approximate surface area is 147 Å². The lowest BCUT2D eigenvalue weighted by atomic mass is 10.1. The summed E-state index contributed by atoms with van der Waals surface area (Å²) in [5, 5.41) is 9.10. The number of hydrogen-bond donors (Lipinski definition) is 1. The topological polar surface area (TPSA) is 85.3 Å². The molecule has 0 saturated carbocycles. The van der Waals surface area contributed by atoms with E-state index >= 15 is 0 Å². The van der Waals surface area contributed by atoms with E-state index in [0.29, 0.717) is 36.1 Å². The summed E-state index contributed by atoms with van der Waals surface area (Å²) in [6, 6.07) is 5.03. The molecule has 1 aromatic carbocycles. The highest BCUT2D eigenvalue weighted by Gasteiger charge is 2.30. The maximum Gasteiger partial charge on any atom is 0.334 e. The first-order valence-electron chi connectivity index (χ1n) is 8.37. The van der Waals surface area contributed by atoms with Crippen LogP contribution < -0.4 is 9.47 Å². The third-order valence-corrected chi connectivity index (χ3v) is 4.00. The number of nitrogens with zero attached hydrogens (tertiary/aromatic N) is 1. The van der Waals surface area contributed by atoms with Gasteiger partial charge in [0, 0.05) is 12.6 Å². The average Bonchev–Trinajstić information content (AvgIpc) is 2.60. The first-order chi connectivity index (χ1) is 11.9. The van der Waals surface area contributed by atoms with Gasteiger partial charge in [-0.25, -0.2) is 4.79 Å². The fourth-order valence-corrected chi connectivity index (χ4v) is 2.48. The molecule has 1 fully saturated rings. The van der Waals surface area contributed by atoms with E-state index in [2.05, 4.69) is 13.8 Å². The number of aliphatic carboxylic acids is 1. The van der Waals surface area contributed by atoms with Gasteiger partial charge >= 0.3 is 5.97 Å². The zero-order valence-electron chi connectivity index (χ0n) is 14.9. The van der Waals surface area contributed by atoms with Gasteiger partial charge in [0.05, 0.1) is 32.4 Å². The Balaban J connectivity index is 2.18. The summed E-state index contributed by atoms with van der Waals surface area (Å²) in [7, 11) is 1.55. The Morgan fingerprint density at radius 1 is 1.40 bits per heavy atom. The molecule has 1 aromatic rings. The van der Waals surface area contributed by atoms with Gasteiger partial charge in [0.25, 0.3) is 5.91 Å². The normalized spacial score (nSPS) is 17.4. The minimum absolute atomic E-state index is 0.0195. The molecule has 1 saturated heterocycles. The summed E-state index contributed by atoms with van der Waals surface area (Å²) in [6.45, 7) is 5.25. The van der Waals surface area contributed by atoms with Crippen molar-refractivity contribution in [3.05, 3.63) is 23.8 Å². The van der Waals surface area contributed by atoms with Crippen molar-refractivity contribution in [2.75, 3.05) is 33.4 Å². The Kier molecular flexibility index (Phi) is 6.64. The third kappa shape index (κ3) is 5.09. The fourth-order valence-electron chi connectivity index (χ4n) is 2.48. The zero-order chi connectivity index (χ0) is 18.4. The van der Waals surface area contributed by atoms with Crippen LogP contribution in [0, 0.1) is 5.92 Å². The lowest BCUT2D eigenvalue weighted by Gasteiger charge is -2.31. The van der Waals surface area contributed by atoms with Crippen molar-refractivity contribution < 1.29 is 28.9 Å². The van der Waals surface area contributed by atoms with Gasteiger partial charge in [-0.3, -0.25) is 4.79 Å². The smallest absolute Gasteiger partial charge is 0.334 e. The summed E-state index contributed by atoms with van der Waals surface area (Å²) in [5.74, 6) is 0.197. The lowest BCUT2D eigenvalue weighted by Crippen LogP contribution is -2.48. The predicted molar refractivity (Wildman–Crippen MR) is 91.2 cm³/mol. The molecule has 0 spiro atoms. The van der Waals surface area contributed by atoms with E-state index in [-0.39, 0.29) is 19.1 Å². The zero-order valence-corrected chi connectivity index (χ0v) is 14.9. The van der Waals surface area contributed by atoms with E-state index in [1.54, 1.807) is 25.3 Å². The van der Waals surface area contributed by atoms with Gasteiger partial charge in [-0.2, -0.15) is 0 Å². The van der Waals surface area contributed by atoms with E-state index in [1.807, 2.05) is 0 Å². The van der Waals surface area contributed by atoms with Crippen molar-refractivity contribution in [2.24, 2.45) is 5.92 Å². The highest BCUT2D eigenvalue weighted by atomic mass is 16.5. The van der Waals surface area contributed by atoms with E-state index in [0.717, 1.165) is 6.42 Å². The molecule has 0 aliphatic carbocycles. The van der Waals surface area contributed by atoms with Gasteiger partial charge in [-0.05, 0) is 24.5 Å². The van der Waals surface area contributed by atoms with Gasteiger partial charge in [-0.15, -0.1) is 0 Å². The maximum atomic E-state index is 12.8. The number of carboxylic acid groups (broad SMARTS) is 1. The number of carboxylic acids is 1. The Morgan fingerprint density at radius 3 is 2.80 bits per heavy atom. The van der Waals surface area contributed by atoms with Gasteiger partial charge in [0.2, 0.25) is 0 Å². The molecule has 1 N–H and O–H groups in total. The molecule has 1 heterocycles. The molecule has 0 bridgehead atoms. The lowest BCUT2D eigenvalue weighted by molar-refractivity contribution is -0.154. The van der Waals surface area contributed by atoms with E-state index in [4.69, 9.17) is 19.3 Å². The monoisotopic (exact) mass is 351 g/mol. The van der Waals surface area contributed by atoms with Crippen LogP contribution in [0.5, 0.6) is 11.5 Å². The van der Waals surface area contributed by atoms with Gasteiger partial charge in [-0.1, -0.05) is 13.8 Å². The maximum absolute atomic E-state index is 12.8. The molecule has 1 amide bonds. The van der Waals surface area contributed by atoms with Crippen LogP contribution in [0.15, 0.2) is 18.2 Å². The minimum atomic E-state index is -1.07. The SMILES string of the molecule is COc1ccc(C(=O)N2CCOC(C(=O)O)C2)c(OCCC(C)C)c1. The average molecular weight is 351 g/mol. The largest absolute Gasteiger partial charge is 0.497 e. The first-order valence-corrected chi connectivity index (χ1v) is 8.37. The van der Waals surface area contributed by atoms with Crippen LogP contribution in [0.3, 0.4) is 0 Å². The van der Waals surface area contributed by atoms with Crippen LogP contribution in [0.1, 0.15) is 30.6 Å². The number of rotatable bonds is 7. The number of morpholine rings is 1. The van der Waals surface area contributed by atoms with E-state index < -0.39 is 12.1 Å². The second-order valence-electron chi connectivity index (χ2n) is 6.34. The molecule has 7 nitrogen and oxygen atoms in total. The van der Waals surface area contributed by atoms with Gasteiger partial charge < -0.3 is 24.2 Å². The molecule has 7 heteroatoms. The predicted octanol–water partition coefficient (Wildman–Crippen LogP) is 2.05. The standard InChI is InChI=1S/C18H25NO6/c1-12(2)6-8-24-15-10-13(23-3)4-5-14(15)17(20)19-7-9-25-16(11-19)18(21)22/h4-5,10,12,16H,6-9,11H2,1-3H3,(H,21,22). The second kappa shape index (κ2) is 8.71. The van der Waals surface area contributed by atoms with Crippen molar-refractivity contribution in [2.45, 2.75) is 26.4 Å². The minimum Gasteiger partial charge on any atom is -0.497 e. The number of methoxy groups -OCH3 is 1. The highest BCUT2D eigenvalue weighted by molar-refractivity contribution is 5.97. The van der Waals surface area contributed by atoms with Crippen LogP contribution >= 0.6 is 0 Å². The Bertz CT molecular complexity index is 616. The summed E-state index contributed by atoms with van der Waals surface area (Å²) < 4.78 is 16.2. The van der Waals surface area contributed by atoms with Crippen molar-refractivity contribution in [3.8, 4) is 11.5 Å². The Morgan fingerprint density at radius 2 is 2.16 bits per heavy atom. The van der Waals surface area contributed by atoms with Crippen LogP contribution in [0.25, 0.3) is 0 Å². The van der Waals surface area contributed by atoms with Gasteiger partial charge in [0.15, 0.2) is 6.10 Å². The molecule has 25 heavy (non-hydrogen) atoms. The molecular formula is C18H25NO6. The van der Waals surface area contributed by atoms with E-state index in [9.17, 15) is 9.59 Å². The number of ether oxygens (including phenoxy) is 3. The molecular weight excluding hydrogens is 326 g/mol. The molecule has 1 aliphatic heterocycles. The molecule has 0 radical (unpaired) electrons. The number of benzene rings is 1. The fraction of sp³-hybridized carbons (Fsp3) is 0.556. The molecule has 1 aliphatic rings. The molecule has 1 unspecified atom stereocenters. The van der Waals surface area contributed by atoms with Crippen molar-refractivity contribution in [3.63, 3.8) is 0 Å². The summed E-state index contributed by atoms with van der Waals surface area (Å²) in [6.07, 6.45) is -0.134. The molecule has 138 valence electrons. The number of carbonyl (C=O) groups is 2. The highest BCUT2D eigenvalue weighted by Crippen LogP contribution is 2.27. The summed E-state index contributed by atoms with van der Waals surface area (Å²) in [5.41, 5.74) is 0.399. The third-order valence-electron chi connectivity index (χ3n) is 4.00. The van der Waals surface area contributed by atoms with Gasteiger partial charge in [0.1, 0.15) is 11.5 Å². The number of amides is 1. The molecule has 0 aromatic heterocycles. The second-order valence-corrected chi connectivity index (χ2v) is 6.34. The molecule has 1 atom stereocenters. The van der Waals surface area contributed by atoms with Crippen LogP contribution in [0.4, 0.5) is 0 Å². The van der Waals surface area contributed by atoms with Crippen molar-refractivity contribution in [1.82, 2.24) is 4.90 Å². The van der Waals surface area contributed by atoms with Crippen molar-refractivity contribution >= 4 is 11.9 Å².